The van der Waals surface area contributed by atoms with Crippen molar-refractivity contribution in [1.82, 2.24) is 5.32 Å². The van der Waals surface area contributed by atoms with Gasteiger partial charge in [-0.2, -0.15) is 0 Å². The van der Waals surface area contributed by atoms with Gasteiger partial charge in [-0.25, -0.2) is 0 Å². The van der Waals surface area contributed by atoms with E-state index in [2.05, 4.69) is 5.32 Å². The molecule has 92 valence electrons. The van der Waals surface area contributed by atoms with E-state index in [-0.39, 0.29) is 18.9 Å². The molecule has 0 aliphatic carbocycles. The van der Waals surface area contributed by atoms with Crippen LogP contribution in [0, 0.1) is 0 Å². The van der Waals surface area contributed by atoms with Crippen molar-refractivity contribution < 1.29 is 19.1 Å². The quantitative estimate of drug-likeness (QED) is 0.750. The largest absolute Gasteiger partial charge is 0.497 e. The van der Waals surface area contributed by atoms with Crippen molar-refractivity contribution in [3.8, 4) is 11.5 Å². The van der Waals surface area contributed by atoms with Gasteiger partial charge in [0.25, 0.3) is 0 Å². The maximum atomic E-state index is 11.0. The number of nitrogens with one attached hydrogen (secondary N) is 1. The van der Waals surface area contributed by atoms with Crippen LogP contribution in [0.15, 0.2) is 18.2 Å². The first-order valence-electron chi connectivity index (χ1n) is 5.18. The molecular formula is C12H15NO4. The molecule has 1 aromatic carbocycles. The summed E-state index contributed by atoms with van der Waals surface area (Å²) < 4.78 is 10.4. The molecule has 0 saturated heterocycles. The van der Waals surface area contributed by atoms with Gasteiger partial charge in [-0.05, 0) is 12.1 Å². The fourth-order valence-electron chi connectivity index (χ4n) is 1.24. The van der Waals surface area contributed by atoms with Crippen LogP contribution < -0.4 is 14.8 Å². The summed E-state index contributed by atoms with van der Waals surface area (Å²) >= 11 is 0. The van der Waals surface area contributed by atoms with Crippen molar-refractivity contribution in [3.63, 3.8) is 0 Å². The predicted molar refractivity (Wildman–Crippen MR) is 62.6 cm³/mol. The molecule has 17 heavy (non-hydrogen) atoms. The summed E-state index contributed by atoms with van der Waals surface area (Å²) in [6.07, 6.45) is 0.945. The maximum absolute atomic E-state index is 11.0. The fraction of sp³-hybridized carbons (Fsp3) is 0.333. The minimum Gasteiger partial charge on any atom is -0.497 e. The molecule has 0 heterocycles. The average molecular weight is 237 g/mol. The van der Waals surface area contributed by atoms with Crippen LogP contribution in [-0.4, -0.2) is 33.0 Å². The van der Waals surface area contributed by atoms with Gasteiger partial charge in [-0.15, -0.1) is 0 Å². The lowest BCUT2D eigenvalue weighted by Crippen LogP contribution is -2.20. The molecule has 0 fully saturated rings. The van der Waals surface area contributed by atoms with Crippen LogP contribution in [0.4, 0.5) is 0 Å². The first kappa shape index (κ1) is 13.0. The van der Waals surface area contributed by atoms with Gasteiger partial charge in [-0.3, -0.25) is 9.59 Å². The van der Waals surface area contributed by atoms with E-state index in [1.165, 1.54) is 7.11 Å². The van der Waals surface area contributed by atoms with Crippen molar-refractivity contribution in [2.24, 2.45) is 0 Å². The third-order valence-corrected chi connectivity index (χ3v) is 2.21. The number of hydrogen-bond acceptors (Lipinski definition) is 4. The molecule has 0 aromatic heterocycles. The van der Waals surface area contributed by atoms with E-state index in [1.807, 2.05) is 0 Å². The summed E-state index contributed by atoms with van der Waals surface area (Å²) in [5.41, 5.74) is 0.433. The van der Waals surface area contributed by atoms with E-state index in [4.69, 9.17) is 9.47 Å². The Kier molecular flexibility index (Phi) is 5.00. The summed E-state index contributed by atoms with van der Waals surface area (Å²) in [6.45, 7) is 0.216. The molecule has 0 saturated carbocycles. The SMILES string of the molecule is CNC(=O)CCOc1cc(OC)ccc1C=O. The Labute approximate surface area is 99.7 Å². The number of ether oxygens (including phenoxy) is 2. The molecule has 1 aromatic rings. The molecule has 0 aliphatic rings. The summed E-state index contributed by atoms with van der Waals surface area (Å²) in [5, 5.41) is 2.49. The second-order valence-corrected chi connectivity index (χ2v) is 3.29. The Bertz CT molecular complexity index is 403. The second kappa shape index (κ2) is 6.52. The van der Waals surface area contributed by atoms with Crippen LogP contribution in [0.25, 0.3) is 0 Å². The van der Waals surface area contributed by atoms with E-state index in [9.17, 15) is 9.59 Å². The van der Waals surface area contributed by atoms with Gasteiger partial charge in [0.1, 0.15) is 11.5 Å². The number of rotatable bonds is 6. The molecule has 0 unspecified atom stereocenters. The van der Waals surface area contributed by atoms with E-state index < -0.39 is 0 Å². The molecule has 0 aliphatic heterocycles. The molecule has 0 spiro atoms. The van der Waals surface area contributed by atoms with E-state index >= 15 is 0 Å². The molecular weight excluding hydrogens is 222 g/mol. The van der Waals surface area contributed by atoms with Crippen LogP contribution in [0.5, 0.6) is 11.5 Å². The zero-order valence-electron chi connectivity index (χ0n) is 9.86. The third kappa shape index (κ3) is 3.79. The normalized spacial score (nSPS) is 9.53. The van der Waals surface area contributed by atoms with Crippen LogP contribution in [0.3, 0.4) is 0 Å². The predicted octanol–water partition coefficient (Wildman–Crippen LogP) is 1.02. The lowest BCUT2D eigenvalue weighted by atomic mass is 10.2. The minimum atomic E-state index is -0.111. The second-order valence-electron chi connectivity index (χ2n) is 3.29. The molecule has 5 nitrogen and oxygen atoms in total. The van der Waals surface area contributed by atoms with Crippen LogP contribution in [0.1, 0.15) is 16.8 Å². The van der Waals surface area contributed by atoms with Gasteiger partial charge in [0.05, 0.1) is 25.7 Å². The number of carbonyl (C=O) groups is 2. The highest BCUT2D eigenvalue weighted by Crippen LogP contribution is 2.23. The lowest BCUT2D eigenvalue weighted by molar-refractivity contribution is -0.121. The Morgan fingerprint density at radius 3 is 2.82 bits per heavy atom. The summed E-state index contributed by atoms with van der Waals surface area (Å²) in [7, 11) is 3.09. The number of carbonyl (C=O) groups excluding carboxylic acids is 2. The van der Waals surface area contributed by atoms with E-state index in [1.54, 1.807) is 25.2 Å². The van der Waals surface area contributed by atoms with Crippen LogP contribution in [0.2, 0.25) is 0 Å². The molecule has 0 radical (unpaired) electrons. The highest BCUT2D eigenvalue weighted by Gasteiger charge is 2.06. The Morgan fingerprint density at radius 1 is 1.47 bits per heavy atom. The highest BCUT2D eigenvalue weighted by molar-refractivity contribution is 5.80. The Balaban J connectivity index is 2.67. The van der Waals surface area contributed by atoms with Crippen LogP contribution >= 0.6 is 0 Å². The van der Waals surface area contributed by atoms with Crippen molar-refractivity contribution in [1.29, 1.82) is 0 Å². The summed E-state index contributed by atoms with van der Waals surface area (Å²) in [4.78, 5) is 21.8. The standard InChI is InChI=1S/C12H15NO4/c1-13-12(15)5-6-17-11-7-10(16-2)4-3-9(11)8-14/h3-4,7-8H,5-6H2,1-2H3,(H,13,15). The zero-order valence-corrected chi connectivity index (χ0v) is 9.86. The average Bonchev–Trinajstić information content (AvgIpc) is 2.38. The van der Waals surface area contributed by atoms with Gasteiger partial charge in [0, 0.05) is 13.1 Å². The number of benzene rings is 1. The van der Waals surface area contributed by atoms with Crippen molar-refractivity contribution in [3.05, 3.63) is 23.8 Å². The minimum absolute atomic E-state index is 0.111. The lowest BCUT2D eigenvalue weighted by Gasteiger charge is -2.09. The monoisotopic (exact) mass is 237 g/mol. The van der Waals surface area contributed by atoms with Gasteiger partial charge >= 0.3 is 0 Å². The van der Waals surface area contributed by atoms with E-state index in [0.717, 1.165) is 0 Å². The maximum Gasteiger partial charge on any atom is 0.223 e. The van der Waals surface area contributed by atoms with Gasteiger partial charge in [0.2, 0.25) is 5.91 Å². The number of hydrogen-bond donors (Lipinski definition) is 1. The number of amides is 1. The van der Waals surface area contributed by atoms with E-state index in [0.29, 0.717) is 23.3 Å². The molecule has 1 rings (SSSR count). The summed E-state index contributed by atoms with van der Waals surface area (Å²) in [6, 6.07) is 4.91. The third-order valence-electron chi connectivity index (χ3n) is 2.21. The first-order chi connectivity index (χ1) is 8.21. The fourth-order valence-corrected chi connectivity index (χ4v) is 1.24. The first-order valence-corrected chi connectivity index (χ1v) is 5.18. The van der Waals surface area contributed by atoms with Crippen molar-refractivity contribution >= 4 is 12.2 Å². The number of aldehydes is 1. The van der Waals surface area contributed by atoms with Crippen molar-refractivity contribution in [2.75, 3.05) is 20.8 Å². The molecule has 5 heteroatoms. The summed E-state index contributed by atoms with van der Waals surface area (Å²) in [5.74, 6) is 0.911. The topological polar surface area (TPSA) is 64.6 Å². The van der Waals surface area contributed by atoms with Crippen LogP contribution in [-0.2, 0) is 4.79 Å². The van der Waals surface area contributed by atoms with Gasteiger partial charge < -0.3 is 14.8 Å². The van der Waals surface area contributed by atoms with Gasteiger partial charge in [-0.1, -0.05) is 0 Å². The van der Waals surface area contributed by atoms with Gasteiger partial charge in [0.15, 0.2) is 6.29 Å². The number of methoxy groups -OCH3 is 1. The smallest absolute Gasteiger partial charge is 0.223 e. The molecule has 0 bridgehead atoms. The zero-order chi connectivity index (χ0) is 12.7. The van der Waals surface area contributed by atoms with Crippen molar-refractivity contribution in [2.45, 2.75) is 6.42 Å². The molecule has 1 N–H and O–H groups in total. The Hall–Kier alpha value is -2.04. The molecule has 0 atom stereocenters. The molecule has 1 amide bonds. The Morgan fingerprint density at radius 2 is 2.24 bits per heavy atom. The highest BCUT2D eigenvalue weighted by atomic mass is 16.5.